The van der Waals surface area contributed by atoms with E-state index in [4.69, 9.17) is 0 Å². The highest BCUT2D eigenvalue weighted by molar-refractivity contribution is 9.10. The van der Waals surface area contributed by atoms with Gasteiger partial charge in [0.2, 0.25) is 11.8 Å². The van der Waals surface area contributed by atoms with Gasteiger partial charge in [-0.2, -0.15) is 0 Å². The molecule has 1 atom stereocenters. The first-order valence-corrected chi connectivity index (χ1v) is 15.5. The second kappa shape index (κ2) is 13.0. The number of carbonyl (C=O) groups excluding carboxylic acids is 2. The summed E-state index contributed by atoms with van der Waals surface area (Å²) in [5.74, 6) is -1.39. The summed E-state index contributed by atoms with van der Waals surface area (Å²) >= 11 is 3.45. The summed E-state index contributed by atoms with van der Waals surface area (Å²) in [6.45, 7) is 3.09. The Labute approximate surface area is 243 Å². The SMILES string of the molecule is Cc1ccc(N(CC(=O)N(Cc2cccc(Br)c2)[C@@H](C)C(=O)NC2CCCC2)S(=O)(=O)c2ccc(F)cc2)cc1. The zero-order valence-electron chi connectivity index (χ0n) is 22.5. The summed E-state index contributed by atoms with van der Waals surface area (Å²) in [7, 11) is -4.25. The lowest BCUT2D eigenvalue weighted by molar-refractivity contribution is -0.139. The average molecular weight is 631 g/mol. The maximum Gasteiger partial charge on any atom is 0.264 e. The van der Waals surface area contributed by atoms with Gasteiger partial charge < -0.3 is 10.2 Å². The van der Waals surface area contributed by atoms with Crippen molar-refractivity contribution in [2.45, 2.75) is 63.1 Å². The highest BCUT2D eigenvalue weighted by atomic mass is 79.9. The number of aryl methyl sites for hydroxylation is 1. The molecule has 4 rings (SSSR count). The lowest BCUT2D eigenvalue weighted by Crippen LogP contribution is -2.52. The van der Waals surface area contributed by atoms with Gasteiger partial charge in [-0.15, -0.1) is 0 Å². The molecule has 0 heterocycles. The van der Waals surface area contributed by atoms with Crippen LogP contribution in [-0.4, -0.2) is 43.8 Å². The second-order valence-electron chi connectivity index (χ2n) is 10.1. The van der Waals surface area contributed by atoms with Crippen molar-refractivity contribution < 1.29 is 22.4 Å². The number of nitrogens with zero attached hydrogens (tertiary/aromatic N) is 2. The van der Waals surface area contributed by atoms with Crippen LogP contribution < -0.4 is 9.62 Å². The van der Waals surface area contributed by atoms with E-state index in [2.05, 4.69) is 21.2 Å². The predicted octanol–water partition coefficient (Wildman–Crippen LogP) is 5.57. The minimum Gasteiger partial charge on any atom is -0.352 e. The summed E-state index contributed by atoms with van der Waals surface area (Å²) < 4.78 is 43.0. The van der Waals surface area contributed by atoms with E-state index in [1.165, 1.54) is 17.0 Å². The quantitative estimate of drug-likeness (QED) is 0.318. The van der Waals surface area contributed by atoms with Crippen LogP contribution in [0, 0.1) is 12.7 Å². The molecule has 212 valence electrons. The van der Waals surface area contributed by atoms with Crippen molar-refractivity contribution in [2.24, 2.45) is 0 Å². The molecule has 0 unspecified atom stereocenters. The average Bonchev–Trinajstić information content (AvgIpc) is 3.44. The van der Waals surface area contributed by atoms with Crippen LogP contribution in [0.5, 0.6) is 0 Å². The van der Waals surface area contributed by atoms with Crippen LogP contribution in [-0.2, 0) is 26.2 Å². The summed E-state index contributed by atoms with van der Waals surface area (Å²) in [6.07, 6.45) is 3.89. The zero-order chi connectivity index (χ0) is 28.9. The molecule has 1 aliphatic rings. The van der Waals surface area contributed by atoms with Crippen LogP contribution in [0.15, 0.2) is 82.2 Å². The summed E-state index contributed by atoms with van der Waals surface area (Å²) in [6, 6.07) is 17.9. The number of hydrogen-bond donors (Lipinski definition) is 1. The molecule has 1 N–H and O–H groups in total. The van der Waals surface area contributed by atoms with Crippen LogP contribution in [0.4, 0.5) is 10.1 Å². The molecule has 0 aliphatic heterocycles. The lowest BCUT2D eigenvalue weighted by Gasteiger charge is -2.32. The number of amides is 2. The summed E-state index contributed by atoms with van der Waals surface area (Å²) in [4.78, 5) is 28.5. The Balaban J connectivity index is 1.68. The van der Waals surface area contributed by atoms with Crippen molar-refractivity contribution in [1.29, 1.82) is 0 Å². The smallest absolute Gasteiger partial charge is 0.264 e. The second-order valence-corrected chi connectivity index (χ2v) is 12.9. The third kappa shape index (κ3) is 7.28. The van der Waals surface area contributed by atoms with Crippen molar-refractivity contribution in [3.05, 3.63) is 94.2 Å². The highest BCUT2D eigenvalue weighted by Gasteiger charge is 2.33. The van der Waals surface area contributed by atoms with Gasteiger partial charge >= 0.3 is 0 Å². The van der Waals surface area contributed by atoms with Crippen molar-refractivity contribution in [3.8, 4) is 0 Å². The Hall–Kier alpha value is -3.24. The number of hydrogen-bond acceptors (Lipinski definition) is 4. The molecule has 7 nitrogen and oxygen atoms in total. The van der Waals surface area contributed by atoms with Crippen LogP contribution in [0.25, 0.3) is 0 Å². The number of rotatable bonds is 10. The lowest BCUT2D eigenvalue weighted by atomic mass is 10.1. The Bertz CT molecular complexity index is 1440. The van der Waals surface area contributed by atoms with Crippen LogP contribution >= 0.6 is 15.9 Å². The van der Waals surface area contributed by atoms with Crippen LogP contribution in [0.1, 0.15) is 43.7 Å². The van der Waals surface area contributed by atoms with Crippen LogP contribution in [0.2, 0.25) is 0 Å². The minimum atomic E-state index is -4.25. The van der Waals surface area contributed by atoms with E-state index in [-0.39, 0.29) is 29.1 Å². The van der Waals surface area contributed by atoms with Gasteiger partial charge in [0.05, 0.1) is 10.6 Å². The first kappa shape index (κ1) is 29.7. The number of anilines is 1. The van der Waals surface area contributed by atoms with Gasteiger partial charge in [0.25, 0.3) is 10.0 Å². The number of halogens is 2. The zero-order valence-corrected chi connectivity index (χ0v) is 24.9. The largest absolute Gasteiger partial charge is 0.352 e. The molecule has 0 aromatic heterocycles. The van der Waals surface area contributed by atoms with Crippen LogP contribution in [0.3, 0.4) is 0 Å². The normalized spacial score (nSPS) is 14.5. The molecule has 1 aliphatic carbocycles. The number of benzene rings is 3. The molecule has 0 radical (unpaired) electrons. The van der Waals surface area contributed by atoms with Crippen molar-refractivity contribution in [3.63, 3.8) is 0 Å². The molecule has 40 heavy (non-hydrogen) atoms. The molecule has 0 spiro atoms. The fraction of sp³-hybridized carbons (Fsp3) is 0.333. The molecule has 0 saturated heterocycles. The van der Waals surface area contributed by atoms with Crippen molar-refractivity contribution in [2.75, 3.05) is 10.8 Å². The van der Waals surface area contributed by atoms with Gasteiger partial charge in [-0.1, -0.05) is 58.6 Å². The fourth-order valence-corrected chi connectivity index (χ4v) is 6.64. The van der Waals surface area contributed by atoms with Gasteiger partial charge in [-0.05, 0) is 80.8 Å². The van der Waals surface area contributed by atoms with Gasteiger partial charge in [-0.3, -0.25) is 13.9 Å². The summed E-state index contributed by atoms with van der Waals surface area (Å²) in [5.41, 5.74) is 1.99. The third-order valence-corrected chi connectivity index (χ3v) is 9.39. The van der Waals surface area contributed by atoms with Crippen molar-refractivity contribution >= 4 is 43.5 Å². The maximum atomic E-state index is 14.0. The van der Waals surface area contributed by atoms with E-state index in [0.29, 0.717) is 0 Å². The van der Waals surface area contributed by atoms with Gasteiger partial charge in [-0.25, -0.2) is 12.8 Å². The minimum absolute atomic E-state index is 0.0701. The van der Waals surface area contributed by atoms with E-state index in [1.807, 2.05) is 31.2 Å². The number of carbonyl (C=O) groups is 2. The van der Waals surface area contributed by atoms with E-state index in [1.54, 1.807) is 31.2 Å². The number of sulfonamides is 1. The molecule has 1 fully saturated rings. The highest BCUT2D eigenvalue weighted by Crippen LogP contribution is 2.26. The molecule has 0 bridgehead atoms. The Morgan fingerprint density at radius 3 is 2.30 bits per heavy atom. The first-order valence-electron chi connectivity index (χ1n) is 13.2. The standard InChI is InChI=1S/C30H33BrFN3O4S/c1-21-10-14-27(15-11-21)35(40(38,39)28-16-12-25(32)13-17-28)20-29(36)34(19-23-6-5-7-24(31)18-23)22(2)30(37)33-26-8-3-4-9-26/h5-7,10-18,22,26H,3-4,8-9,19-20H2,1-2H3,(H,33,37)/t22-/m0/s1. The molecule has 1 saturated carbocycles. The van der Waals surface area contributed by atoms with E-state index in [0.717, 1.165) is 57.7 Å². The third-order valence-electron chi connectivity index (χ3n) is 7.11. The summed E-state index contributed by atoms with van der Waals surface area (Å²) in [5, 5.41) is 3.05. The van der Waals surface area contributed by atoms with Gasteiger partial charge in [0.15, 0.2) is 0 Å². The topological polar surface area (TPSA) is 86.8 Å². The monoisotopic (exact) mass is 629 g/mol. The molecular formula is C30H33BrFN3O4S. The Morgan fingerprint density at radius 2 is 1.68 bits per heavy atom. The molecule has 10 heteroatoms. The van der Waals surface area contributed by atoms with E-state index in [9.17, 15) is 22.4 Å². The molecule has 2 amide bonds. The molecular weight excluding hydrogens is 597 g/mol. The van der Waals surface area contributed by atoms with Gasteiger partial charge in [0.1, 0.15) is 18.4 Å². The molecule has 3 aromatic carbocycles. The van der Waals surface area contributed by atoms with Crippen molar-refractivity contribution in [1.82, 2.24) is 10.2 Å². The first-order chi connectivity index (χ1) is 19.0. The van der Waals surface area contributed by atoms with Gasteiger partial charge in [0, 0.05) is 17.1 Å². The Kier molecular flexibility index (Phi) is 9.63. The number of nitrogens with one attached hydrogen (secondary N) is 1. The molecule has 3 aromatic rings. The fourth-order valence-electron chi connectivity index (χ4n) is 4.78. The maximum absolute atomic E-state index is 14.0. The van der Waals surface area contributed by atoms with E-state index < -0.39 is 34.3 Å². The predicted molar refractivity (Wildman–Crippen MR) is 157 cm³/mol. The van der Waals surface area contributed by atoms with E-state index >= 15 is 0 Å². The Morgan fingerprint density at radius 1 is 1.02 bits per heavy atom.